The van der Waals surface area contributed by atoms with Gasteiger partial charge >= 0.3 is 5.97 Å². The molecular formula is C14H10ClF2NO2. The summed E-state index contributed by atoms with van der Waals surface area (Å²) in [5, 5.41) is 0.384. The number of ether oxygens (including phenoxy) is 1. The molecule has 0 aliphatic carbocycles. The van der Waals surface area contributed by atoms with Gasteiger partial charge < -0.3 is 10.5 Å². The molecule has 0 amide bonds. The minimum absolute atomic E-state index is 0.0501. The Labute approximate surface area is 118 Å². The number of nitrogen functional groups attached to an aromatic ring is 1. The lowest BCUT2D eigenvalue weighted by atomic mass is 10.2. The topological polar surface area (TPSA) is 52.3 Å². The van der Waals surface area contributed by atoms with Crippen molar-refractivity contribution in [3.8, 4) is 0 Å². The lowest BCUT2D eigenvalue weighted by Gasteiger charge is -2.08. The van der Waals surface area contributed by atoms with Crippen LogP contribution in [-0.4, -0.2) is 5.97 Å². The van der Waals surface area contributed by atoms with Gasteiger partial charge in [-0.2, -0.15) is 0 Å². The van der Waals surface area contributed by atoms with E-state index in [1.807, 2.05) is 0 Å². The highest BCUT2D eigenvalue weighted by atomic mass is 35.5. The standard InChI is InChI=1S/C14H10ClF2NO2/c15-9-1-3-11(13(18)6-9)14(19)20-7-8-5-10(16)2-4-12(8)17/h1-6H,7,18H2. The molecular weight excluding hydrogens is 288 g/mol. The van der Waals surface area contributed by atoms with Gasteiger partial charge in [0.25, 0.3) is 0 Å². The first-order chi connectivity index (χ1) is 9.47. The molecule has 0 saturated heterocycles. The smallest absolute Gasteiger partial charge is 0.340 e. The van der Waals surface area contributed by atoms with Gasteiger partial charge in [0.05, 0.1) is 5.56 Å². The van der Waals surface area contributed by atoms with Gasteiger partial charge in [-0.25, -0.2) is 13.6 Å². The van der Waals surface area contributed by atoms with E-state index in [4.69, 9.17) is 22.1 Å². The Morgan fingerprint density at radius 3 is 2.65 bits per heavy atom. The zero-order valence-corrected chi connectivity index (χ0v) is 11.0. The van der Waals surface area contributed by atoms with Gasteiger partial charge in [-0.05, 0) is 36.4 Å². The first-order valence-electron chi connectivity index (χ1n) is 5.63. The molecule has 0 saturated carbocycles. The summed E-state index contributed by atoms with van der Waals surface area (Å²) in [7, 11) is 0. The summed E-state index contributed by atoms with van der Waals surface area (Å²) >= 11 is 5.71. The van der Waals surface area contributed by atoms with Crippen molar-refractivity contribution in [1.29, 1.82) is 0 Å². The molecule has 0 radical (unpaired) electrons. The van der Waals surface area contributed by atoms with E-state index in [0.29, 0.717) is 5.02 Å². The van der Waals surface area contributed by atoms with Gasteiger partial charge in [0.15, 0.2) is 0 Å². The maximum atomic E-state index is 13.4. The number of anilines is 1. The fourth-order valence-electron chi connectivity index (χ4n) is 1.59. The van der Waals surface area contributed by atoms with E-state index in [1.54, 1.807) is 0 Å². The van der Waals surface area contributed by atoms with Gasteiger partial charge in [-0.15, -0.1) is 0 Å². The average Bonchev–Trinajstić information content (AvgIpc) is 2.39. The number of carbonyl (C=O) groups excluding carboxylic acids is 1. The largest absolute Gasteiger partial charge is 0.457 e. The van der Waals surface area contributed by atoms with Gasteiger partial charge in [-0.1, -0.05) is 11.6 Å². The maximum Gasteiger partial charge on any atom is 0.340 e. The number of nitrogens with two attached hydrogens (primary N) is 1. The van der Waals surface area contributed by atoms with Crippen molar-refractivity contribution in [1.82, 2.24) is 0 Å². The molecule has 0 fully saturated rings. The van der Waals surface area contributed by atoms with Crippen LogP contribution in [0.25, 0.3) is 0 Å². The second kappa shape index (κ2) is 5.88. The van der Waals surface area contributed by atoms with Crippen LogP contribution in [0.15, 0.2) is 36.4 Å². The molecule has 0 aliphatic rings. The summed E-state index contributed by atoms with van der Waals surface area (Å²) in [5.74, 6) is -1.99. The number of hydrogen-bond donors (Lipinski definition) is 1. The predicted octanol–water partition coefficient (Wildman–Crippen LogP) is 3.56. The van der Waals surface area contributed by atoms with E-state index in [9.17, 15) is 13.6 Å². The molecule has 104 valence electrons. The summed E-state index contributed by atoms with van der Waals surface area (Å²) in [4.78, 5) is 11.8. The zero-order valence-electron chi connectivity index (χ0n) is 10.2. The first kappa shape index (κ1) is 14.3. The van der Waals surface area contributed by atoms with Crippen molar-refractivity contribution in [3.63, 3.8) is 0 Å². The van der Waals surface area contributed by atoms with Crippen LogP contribution < -0.4 is 5.73 Å². The number of halogens is 3. The van der Waals surface area contributed by atoms with E-state index in [-0.39, 0.29) is 23.4 Å². The molecule has 0 aliphatic heterocycles. The maximum absolute atomic E-state index is 13.4. The summed E-state index contributed by atoms with van der Waals surface area (Å²) in [6.07, 6.45) is 0. The molecule has 0 aromatic heterocycles. The van der Waals surface area contributed by atoms with Crippen molar-refractivity contribution in [2.45, 2.75) is 6.61 Å². The molecule has 2 aromatic rings. The minimum atomic E-state index is -0.733. The molecule has 3 nitrogen and oxygen atoms in total. The average molecular weight is 298 g/mol. The second-order valence-electron chi connectivity index (χ2n) is 4.04. The number of carbonyl (C=O) groups is 1. The lowest BCUT2D eigenvalue weighted by molar-refractivity contribution is 0.0470. The number of esters is 1. The zero-order chi connectivity index (χ0) is 14.7. The summed E-state index contributed by atoms with van der Waals surface area (Å²) < 4.78 is 31.2. The van der Waals surface area contributed by atoms with Gasteiger partial charge in [0.2, 0.25) is 0 Å². The van der Waals surface area contributed by atoms with Crippen molar-refractivity contribution < 1.29 is 18.3 Å². The van der Waals surface area contributed by atoms with Crippen LogP contribution in [0.5, 0.6) is 0 Å². The molecule has 6 heteroatoms. The Morgan fingerprint density at radius 2 is 1.95 bits per heavy atom. The second-order valence-corrected chi connectivity index (χ2v) is 4.48. The highest BCUT2D eigenvalue weighted by Crippen LogP contribution is 2.19. The molecule has 0 atom stereocenters. The third-order valence-electron chi connectivity index (χ3n) is 2.60. The van der Waals surface area contributed by atoms with Crippen LogP contribution in [0, 0.1) is 11.6 Å². The van der Waals surface area contributed by atoms with Crippen molar-refractivity contribution in [2.24, 2.45) is 0 Å². The van der Waals surface area contributed by atoms with Crippen LogP contribution in [0.2, 0.25) is 5.02 Å². The van der Waals surface area contributed by atoms with Crippen LogP contribution >= 0.6 is 11.6 Å². The highest BCUT2D eigenvalue weighted by Gasteiger charge is 2.13. The van der Waals surface area contributed by atoms with E-state index in [0.717, 1.165) is 18.2 Å². The Hall–Kier alpha value is -2.14. The molecule has 0 spiro atoms. The lowest BCUT2D eigenvalue weighted by Crippen LogP contribution is -2.09. The molecule has 0 bridgehead atoms. The van der Waals surface area contributed by atoms with Gasteiger partial charge in [-0.3, -0.25) is 0 Å². The number of hydrogen-bond acceptors (Lipinski definition) is 3. The van der Waals surface area contributed by atoms with Crippen molar-refractivity contribution in [3.05, 3.63) is 64.2 Å². The Bertz CT molecular complexity index is 662. The minimum Gasteiger partial charge on any atom is -0.457 e. The molecule has 2 rings (SSSR count). The fourth-order valence-corrected chi connectivity index (χ4v) is 1.77. The Kier molecular flexibility index (Phi) is 4.20. The molecule has 2 aromatic carbocycles. The summed E-state index contributed by atoms with van der Waals surface area (Å²) in [6, 6.07) is 7.21. The third kappa shape index (κ3) is 3.24. The quantitative estimate of drug-likeness (QED) is 0.696. The predicted molar refractivity (Wildman–Crippen MR) is 71.3 cm³/mol. The molecule has 20 heavy (non-hydrogen) atoms. The fraction of sp³-hybridized carbons (Fsp3) is 0.0714. The summed E-state index contributed by atoms with van der Waals surface area (Å²) in [6.45, 7) is -0.384. The number of rotatable bonds is 3. The Morgan fingerprint density at radius 1 is 1.20 bits per heavy atom. The van der Waals surface area contributed by atoms with Gasteiger partial charge in [0.1, 0.15) is 18.2 Å². The van der Waals surface area contributed by atoms with Crippen LogP contribution in [0.3, 0.4) is 0 Å². The third-order valence-corrected chi connectivity index (χ3v) is 2.84. The van der Waals surface area contributed by atoms with Crippen LogP contribution in [0.1, 0.15) is 15.9 Å². The Balaban J connectivity index is 2.10. The van der Waals surface area contributed by atoms with Crippen molar-refractivity contribution >= 4 is 23.3 Å². The van der Waals surface area contributed by atoms with Crippen molar-refractivity contribution in [2.75, 3.05) is 5.73 Å². The SMILES string of the molecule is Nc1cc(Cl)ccc1C(=O)OCc1cc(F)ccc1F. The van der Waals surface area contributed by atoms with Crippen LogP contribution in [-0.2, 0) is 11.3 Å². The van der Waals surface area contributed by atoms with Crippen LogP contribution in [0.4, 0.5) is 14.5 Å². The monoisotopic (exact) mass is 297 g/mol. The van der Waals surface area contributed by atoms with E-state index >= 15 is 0 Å². The van der Waals surface area contributed by atoms with E-state index < -0.39 is 17.6 Å². The normalized spacial score (nSPS) is 10.3. The van der Waals surface area contributed by atoms with E-state index in [1.165, 1.54) is 18.2 Å². The number of benzene rings is 2. The molecule has 2 N–H and O–H groups in total. The highest BCUT2D eigenvalue weighted by molar-refractivity contribution is 6.31. The van der Waals surface area contributed by atoms with E-state index in [2.05, 4.69) is 0 Å². The van der Waals surface area contributed by atoms with Gasteiger partial charge in [0, 0.05) is 16.3 Å². The summed E-state index contributed by atoms with van der Waals surface area (Å²) in [5.41, 5.74) is 5.85. The molecule has 0 unspecified atom stereocenters. The first-order valence-corrected chi connectivity index (χ1v) is 6.01. The molecule has 0 heterocycles.